The molecule has 0 bridgehead atoms. The third kappa shape index (κ3) is 4.84. The maximum Gasteiger partial charge on any atom is 0.296 e. The molecule has 1 aromatic carbocycles. The molecule has 0 unspecified atom stereocenters. The highest BCUT2D eigenvalue weighted by atomic mass is 16.1. The van der Waals surface area contributed by atoms with E-state index in [0.29, 0.717) is 11.7 Å². The molecule has 0 atom stereocenters. The minimum Gasteiger partial charge on any atom is -0.369 e. The van der Waals surface area contributed by atoms with Crippen molar-refractivity contribution in [3.05, 3.63) is 41.6 Å². The molecule has 0 aliphatic carbocycles. The second-order valence-corrected chi connectivity index (χ2v) is 6.81. The van der Waals surface area contributed by atoms with Gasteiger partial charge in [0.1, 0.15) is 5.70 Å². The summed E-state index contributed by atoms with van der Waals surface area (Å²) >= 11 is 0. The van der Waals surface area contributed by atoms with Crippen LogP contribution < -0.4 is 5.73 Å². The Morgan fingerprint density at radius 3 is 2.04 bits per heavy atom. The van der Waals surface area contributed by atoms with Crippen LogP contribution >= 0.6 is 0 Å². The van der Waals surface area contributed by atoms with Crippen molar-refractivity contribution in [2.45, 2.75) is 38.5 Å². The van der Waals surface area contributed by atoms with Crippen LogP contribution in [0.3, 0.4) is 0 Å². The van der Waals surface area contributed by atoms with Crippen LogP contribution in [0.5, 0.6) is 0 Å². The predicted molar refractivity (Wildman–Crippen MR) is 102 cm³/mol. The van der Waals surface area contributed by atoms with Crippen LogP contribution in [-0.4, -0.2) is 47.8 Å². The predicted octanol–water partition coefficient (Wildman–Crippen LogP) is 2.84. The van der Waals surface area contributed by atoms with Crippen molar-refractivity contribution in [1.29, 1.82) is 0 Å². The minimum absolute atomic E-state index is 0.228. The largest absolute Gasteiger partial charge is 0.369 e. The van der Waals surface area contributed by atoms with Crippen molar-refractivity contribution in [1.82, 2.24) is 9.80 Å². The van der Waals surface area contributed by atoms with Crippen LogP contribution in [0.4, 0.5) is 0 Å². The quantitative estimate of drug-likeness (QED) is 0.522. The van der Waals surface area contributed by atoms with Gasteiger partial charge < -0.3 is 15.5 Å². The lowest BCUT2D eigenvalue weighted by molar-refractivity contribution is -0.115. The van der Waals surface area contributed by atoms with Crippen LogP contribution in [0.1, 0.15) is 44.1 Å². The number of piperidine rings is 2. The molecule has 0 saturated carbocycles. The van der Waals surface area contributed by atoms with E-state index in [1.165, 1.54) is 12.8 Å². The number of hydrogen-bond acceptors (Lipinski definition) is 2. The first-order valence-corrected chi connectivity index (χ1v) is 9.39. The van der Waals surface area contributed by atoms with Crippen LogP contribution in [0.15, 0.2) is 41.0 Å². The van der Waals surface area contributed by atoms with Crippen molar-refractivity contribution in [3.63, 3.8) is 0 Å². The fraction of sp³-hybridized carbons (Fsp3) is 0.500. The van der Waals surface area contributed by atoms with E-state index in [4.69, 9.17) is 5.73 Å². The van der Waals surface area contributed by atoms with E-state index in [1.807, 2.05) is 41.3 Å². The lowest BCUT2D eigenvalue weighted by Crippen LogP contribution is -2.42. The van der Waals surface area contributed by atoms with Gasteiger partial charge in [0.2, 0.25) is 0 Å². The number of amides is 1. The van der Waals surface area contributed by atoms with Crippen molar-refractivity contribution in [2.75, 3.05) is 26.2 Å². The minimum atomic E-state index is -0.228. The summed E-state index contributed by atoms with van der Waals surface area (Å²) in [6.07, 6.45) is 8.86. The number of guanidine groups is 1. The Hall–Kier alpha value is -2.30. The van der Waals surface area contributed by atoms with Gasteiger partial charge in [-0.25, -0.2) is 0 Å². The molecule has 0 aromatic heterocycles. The summed E-state index contributed by atoms with van der Waals surface area (Å²) in [6, 6.07) is 9.96. The third-order valence-electron chi connectivity index (χ3n) is 4.91. The molecule has 2 aliphatic heterocycles. The highest BCUT2D eigenvalue weighted by Gasteiger charge is 2.21. The summed E-state index contributed by atoms with van der Waals surface area (Å²) in [5, 5.41) is 0. The van der Waals surface area contributed by atoms with Crippen LogP contribution in [0, 0.1) is 0 Å². The van der Waals surface area contributed by atoms with Gasteiger partial charge >= 0.3 is 0 Å². The zero-order valence-corrected chi connectivity index (χ0v) is 14.9. The van der Waals surface area contributed by atoms with Gasteiger partial charge in [0.05, 0.1) is 0 Å². The number of nitrogens with zero attached hydrogens (tertiary/aromatic N) is 3. The molecule has 3 rings (SSSR count). The van der Waals surface area contributed by atoms with E-state index in [1.54, 1.807) is 0 Å². The molecule has 0 spiro atoms. The lowest BCUT2D eigenvalue weighted by atomic mass is 10.1. The summed E-state index contributed by atoms with van der Waals surface area (Å²) in [5.41, 5.74) is 7.79. The van der Waals surface area contributed by atoms with E-state index in [-0.39, 0.29) is 5.91 Å². The molecule has 25 heavy (non-hydrogen) atoms. The lowest BCUT2D eigenvalue weighted by Gasteiger charge is -2.30. The average molecular weight is 340 g/mol. The molecule has 0 radical (unpaired) electrons. The number of carbonyl (C=O) groups is 1. The van der Waals surface area contributed by atoms with Crippen LogP contribution in [-0.2, 0) is 4.79 Å². The van der Waals surface area contributed by atoms with Gasteiger partial charge in [-0.2, -0.15) is 4.99 Å². The first-order chi connectivity index (χ1) is 12.2. The monoisotopic (exact) mass is 340 g/mol. The van der Waals surface area contributed by atoms with E-state index in [2.05, 4.69) is 9.89 Å². The van der Waals surface area contributed by atoms with Gasteiger partial charge in [0.15, 0.2) is 5.96 Å². The Labute approximate surface area is 150 Å². The molecule has 2 aliphatic rings. The maximum absolute atomic E-state index is 12.9. The third-order valence-corrected chi connectivity index (χ3v) is 4.91. The molecule has 5 heteroatoms. The summed E-state index contributed by atoms with van der Waals surface area (Å²) in [5.74, 6) is 0.134. The Kier molecular flexibility index (Phi) is 6.09. The fourth-order valence-electron chi connectivity index (χ4n) is 3.49. The zero-order chi connectivity index (χ0) is 17.5. The molecule has 2 saturated heterocycles. The number of rotatable bonds is 3. The van der Waals surface area contributed by atoms with Crippen molar-refractivity contribution in [2.24, 2.45) is 10.7 Å². The van der Waals surface area contributed by atoms with Gasteiger partial charge in [-0.3, -0.25) is 4.79 Å². The van der Waals surface area contributed by atoms with Gasteiger partial charge in [0, 0.05) is 26.2 Å². The summed E-state index contributed by atoms with van der Waals surface area (Å²) in [6.45, 7) is 3.60. The number of likely N-dealkylation sites (tertiary alicyclic amines) is 2. The number of carbonyl (C=O) groups excluding carboxylic acids is 1. The average Bonchev–Trinajstić information content (AvgIpc) is 2.68. The molecule has 134 valence electrons. The zero-order valence-electron chi connectivity index (χ0n) is 14.9. The van der Waals surface area contributed by atoms with Crippen LogP contribution in [0.2, 0.25) is 0 Å². The molecule has 1 aromatic rings. The van der Waals surface area contributed by atoms with Gasteiger partial charge in [-0.1, -0.05) is 30.3 Å². The van der Waals surface area contributed by atoms with Gasteiger partial charge in [0.25, 0.3) is 5.91 Å². The Morgan fingerprint density at radius 1 is 0.880 bits per heavy atom. The highest BCUT2D eigenvalue weighted by Crippen LogP contribution is 2.19. The summed E-state index contributed by atoms with van der Waals surface area (Å²) in [4.78, 5) is 21.3. The second-order valence-electron chi connectivity index (χ2n) is 6.81. The van der Waals surface area contributed by atoms with E-state index in [9.17, 15) is 4.79 Å². The summed E-state index contributed by atoms with van der Waals surface area (Å²) < 4.78 is 0. The highest BCUT2D eigenvalue weighted by molar-refractivity contribution is 6.04. The fourth-order valence-corrected chi connectivity index (χ4v) is 3.49. The molecule has 2 fully saturated rings. The van der Waals surface area contributed by atoms with Gasteiger partial charge in [-0.05, 0) is 50.2 Å². The first kappa shape index (κ1) is 17.5. The van der Waals surface area contributed by atoms with Gasteiger partial charge in [-0.15, -0.1) is 0 Å². The smallest absolute Gasteiger partial charge is 0.296 e. The second kappa shape index (κ2) is 8.70. The SMILES string of the molecule is NC(=NC(=O)C(=Cc1ccccc1)N1CCCCC1)N1CCCCC1. The molecule has 2 heterocycles. The van der Waals surface area contributed by atoms with Crippen molar-refractivity contribution >= 4 is 17.9 Å². The maximum atomic E-state index is 12.9. The standard InChI is InChI=1S/C20H28N4O/c21-20(24-14-8-3-9-15-24)22-19(25)18(23-12-6-2-7-13-23)16-17-10-4-1-5-11-17/h1,4-5,10-11,16H,2-3,6-9,12-15H2,(H2,21,22,25). The number of aliphatic imine (C=N–C) groups is 1. The van der Waals surface area contributed by atoms with Crippen molar-refractivity contribution in [3.8, 4) is 0 Å². The Morgan fingerprint density at radius 2 is 1.44 bits per heavy atom. The van der Waals surface area contributed by atoms with E-state index >= 15 is 0 Å². The van der Waals surface area contributed by atoms with Crippen molar-refractivity contribution < 1.29 is 4.79 Å². The van der Waals surface area contributed by atoms with E-state index in [0.717, 1.165) is 57.4 Å². The molecular weight excluding hydrogens is 312 g/mol. The number of nitrogens with two attached hydrogens (primary N) is 1. The topological polar surface area (TPSA) is 61.9 Å². The Balaban J connectivity index is 1.82. The van der Waals surface area contributed by atoms with E-state index < -0.39 is 0 Å². The summed E-state index contributed by atoms with van der Waals surface area (Å²) in [7, 11) is 0. The Bertz CT molecular complexity index is 626. The van der Waals surface area contributed by atoms with Crippen LogP contribution in [0.25, 0.3) is 6.08 Å². The normalized spacial score (nSPS) is 19.8. The molecule has 5 nitrogen and oxygen atoms in total. The molecule has 2 N–H and O–H groups in total. The molecular formula is C20H28N4O. The first-order valence-electron chi connectivity index (χ1n) is 9.39. The number of hydrogen-bond donors (Lipinski definition) is 1. The number of benzene rings is 1. The molecule has 1 amide bonds.